The standard InChI is InChI=1S/C21H20Cl2FNO4.C7H7F/c1-2-3-17(21(27)28)25-18(26)11-29-20(13-6-9-15(23)16(24)10-13)19(25)12-4-7-14(22)8-5-12;1-6-2-4-7(8)5-3-6/h4-10,17,19-20H,2-3,11H2,1H3,(H,27,28);2-5H,1H3. The highest BCUT2D eigenvalue weighted by molar-refractivity contribution is 6.30. The van der Waals surface area contributed by atoms with Crippen LogP contribution < -0.4 is 0 Å². The molecule has 1 heterocycles. The number of carboxylic acids is 1. The third-order valence-electron chi connectivity index (χ3n) is 5.94. The number of halogens is 4. The van der Waals surface area contributed by atoms with Gasteiger partial charge in [-0.15, -0.1) is 0 Å². The summed E-state index contributed by atoms with van der Waals surface area (Å²) in [6.07, 6.45) is 0.0986. The molecule has 0 spiro atoms. The van der Waals surface area contributed by atoms with E-state index < -0.39 is 35.9 Å². The molecule has 1 saturated heterocycles. The van der Waals surface area contributed by atoms with Crippen molar-refractivity contribution >= 4 is 35.1 Å². The van der Waals surface area contributed by atoms with E-state index in [-0.39, 0.29) is 23.9 Å². The van der Waals surface area contributed by atoms with Gasteiger partial charge in [-0.2, -0.15) is 0 Å². The third-order valence-corrected chi connectivity index (χ3v) is 6.50. The molecule has 3 atom stereocenters. The van der Waals surface area contributed by atoms with Gasteiger partial charge in [0.25, 0.3) is 0 Å². The summed E-state index contributed by atoms with van der Waals surface area (Å²) in [5.41, 5.74) is 2.20. The molecule has 37 heavy (non-hydrogen) atoms. The lowest BCUT2D eigenvalue weighted by Crippen LogP contribution is -2.53. The maximum absolute atomic E-state index is 14.1. The molecule has 196 valence electrons. The molecule has 0 bridgehead atoms. The minimum absolute atomic E-state index is 0.0325. The van der Waals surface area contributed by atoms with Crippen molar-refractivity contribution < 1.29 is 28.2 Å². The van der Waals surface area contributed by atoms with E-state index >= 15 is 0 Å². The highest BCUT2D eigenvalue weighted by Gasteiger charge is 2.44. The summed E-state index contributed by atoms with van der Waals surface area (Å²) in [4.78, 5) is 26.1. The molecule has 1 amide bonds. The molecular formula is C28H27Cl2F2NO4. The highest BCUT2D eigenvalue weighted by Crippen LogP contribution is 2.42. The Morgan fingerprint density at radius 3 is 2.22 bits per heavy atom. The first-order chi connectivity index (χ1) is 17.6. The van der Waals surface area contributed by atoms with Crippen LogP contribution in [0.15, 0.2) is 66.7 Å². The Hall–Kier alpha value is -3.00. The van der Waals surface area contributed by atoms with Gasteiger partial charge in [0.2, 0.25) is 5.91 Å². The van der Waals surface area contributed by atoms with Gasteiger partial charge in [0.1, 0.15) is 30.4 Å². The zero-order chi connectivity index (χ0) is 27.1. The molecular weight excluding hydrogens is 523 g/mol. The number of hydrogen-bond acceptors (Lipinski definition) is 3. The fraction of sp³-hybridized carbons (Fsp3) is 0.286. The number of aliphatic carboxylic acids is 1. The van der Waals surface area contributed by atoms with Gasteiger partial charge in [-0.3, -0.25) is 4.79 Å². The quantitative estimate of drug-likeness (QED) is 0.354. The largest absolute Gasteiger partial charge is 0.480 e. The van der Waals surface area contributed by atoms with Crippen LogP contribution in [-0.4, -0.2) is 34.5 Å². The van der Waals surface area contributed by atoms with Gasteiger partial charge in [-0.25, -0.2) is 13.6 Å². The fourth-order valence-corrected chi connectivity index (χ4v) is 4.39. The van der Waals surface area contributed by atoms with Gasteiger partial charge >= 0.3 is 5.97 Å². The molecule has 0 aliphatic carbocycles. The van der Waals surface area contributed by atoms with Crippen molar-refractivity contribution in [2.24, 2.45) is 0 Å². The van der Waals surface area contributed by atoms with Crippen LogP contribution >= 0.6 is 23.2 Å². The summed E-state index contributed by atoms with van der Waals surface area (Å²) in [7, 11) is 0. The highest BCUT2D eigenvalue weighted by atomic mass is 35.5. The van der Waals surface area contributed by atoms with Gasteiger partial charge in [0, 0.05) is 5.02 Å². The molecule has 1 aliphatic heterocycles. The number of morpholine rings is 1. The summed E-state index contributed by atoms with van der Waals surface area (Å²) in [5, 5.41) is 10.3. The van der Waals surface area contributed by atoms with E-state index in [0.717, 1.165) is 5.56 Å². The van der Waals surface area contributed by atoms with E-state index in [9.17, 15) is 23.5 Å². The van der Waals surface area contributed by atoms with Crippen LogP contribution in [0.2, 0.25) is 10.0 Å². The van der Waals surface area contributed by atoms with E-state index in [0.29, 0.717) is 22.6 Å². The van der Waals surface area contributed by atoms with Crippen molar-refractivity contribution in [1.29, 1.82) is 0 Å². The monoisotopic (exact) mass is 549 g/mol. The molecule has 0 saturated carbocycles. The number of carbonyl (C=O) groups is 2. The number of ether oxygens (including phenoxy) is 1. The summed E-state index contributed by atoms with van der Waals surface area (Å²) < 4.78 is 32.0. The average molecular weight is 550 g/mol. The van der Waals surface area contributed by atoms with Crippen LogP contribution in [0, 0.1) is 18.6 Å². The van der Waals surface area contributed by atoms with E-state index in [1.807, 2.05) is 13.8 Å². The van der Waals surface area contributed by atoms with Crippen LogP contribution in [0.1, 0.15) is 48.6 Å². The summed E-state index contributed by atoms with van der Waals surface area (Å²) in [6, 6.07) is 15.6. The van der Waals surface area contributed by atoms with Crippen LogP contribution in [0.3, 0.4) is 0 Å². The second-order valence-electron chi connectivity index (χ2n) is 8.64. The van der Waals surface area contributed by atoms with Gasteiger partial charge in [-0.1, -0.05) is 72.4 Å². The lowest BCUT2D eigenvalue weighted by Gasteiger charge is -2.44. The smallest absolute Gasteiger partial charge is 0.326 e. The van der Waals surface area contributed by atoms with Crippen LogP contribution in [0.5, 0.6) is 0 Å². The van der Waals surface area contributed by atoms with Gasteiger partial charge in [0.05, 0.1) is 11.1 Å². The normalized spacial score (nSPS) is 18.1. The second kappa shape index (κ2) is 13.0. The molecule has 0 aromatic heterocycles. The number of carbonyl (C=O) groups excluding carboxylic acids is 1. The summed E-state index contributed by atoms with van der Waals surface area (Å²) in [5.74, 6) is -2.32. The number of amides is 1. The number of aryl methyl sites for hydroxylation is 1. The average Bonchev–Trinajstić information content (AvgIpc) is 2.87. The second-order valence-corrected chi connectivity index (χ2v) is 9.48. The fourth-order valence-electron chi connectivity index (χ4n) is 4.15. The van der Waals surface area contributed by atoms with E-state index in [1.165, 1.54) is 29.2 Å². The van der Waals surface area contributed by atoms with Crippen molar-refractivity contribution in [3.8, 4) is 0 Å². The Labute approximate surface area is 224 Å². The predicted molar refractivity (Wildman–Crippen MR) is 139 cm³/mol. The molecule has 5 nitrogen and oxygen atoms in total. The van der Waals surface area contributed by atoms with Crippen molar-refractivity contribution in [3.05, 3.63) is 105 Å². The Morgan fingerprint density at radius 2 is 1.68 bits per heavy atom. The molecule has 1 aliphatic rings. The van der Waals surface area contributed by atoms with Gasteiger partial charge < -0.3 is 14.7 Å². The van der Waals surface area contributed by atoms with Crippen molar-refractivity contribution in [3.63, 3.8) is 0 Å². The van der Waals surface area contributed by atoms with Crippen LogP contribution in [0.25, 0.3) is 0 Å². The van der Waals surface area contributed by atoms with Crippen molar-refractivity contribution in [1.82, 2.24) is 4.90 Å². The molecule has 9 heteroatoms. The Morgan fingerprint density at radius 1 is 1.05 bits per heavy atom. The zero-order valence-corrected chi connectivity index (χ0v) is 21.8. The lowest BCUT2D eigenvalue weighted by atomic mass is 9.90. The van der Waals surface area contributed by atoms with Crippen molar-refractivity contribution in [2.45, 2.75) is 44.9 Å². The first-order valence-corrected chi connectivity index (χ1v) is 12.5. The maximum atomic E-state index is 14.1. The Bertz CT molecular complexity index is 1200. The minimum Gasteiger partial charge on any atom is -0.480 e. The molecule has 1 N–H and O–H groups in total. The molecule has 3 aromatic rings. The van der Waals surface area contributed by atoms with Gasteiger partial charge in [-0.05, 0) is 60.9 Å². The third kappa shape index (κ3) is 7.28. The molecule has 3 aromatic carbocycles. The number of carboxylic acid groups (broad SMARTS) is 1. The topological polar surface area (TPSA) is 66.8 Å². The number of hydrogen-bond donors (Lipinski definition) is 1. The van der Waals surface area contributed by atoms with Crippen LogP contribution in [-0.2, 0) is 14.3 Å². The van der Waals surface area contributed by atoms with E-state index in [2.05, 4.69) is 0 Å². The van der Waals surface area contributed by atoms with Gasteiger partial charge in [0.15, 0.2) is 0 Å². The van der Waals surface area contributed by atoms with E-state index in [1.54, 1.807) is 42.5 Å². The number of rotatable bonds is 6. The zero-order valence-electron chi connectivity index (χ0n) is 20.3. The Kier molecular flexibility index (Phi) is 10.0. The van der Waals surface area contributed by atoms with Crippen LogP contribution in [0.4, 0.5) is 8.78 Å². The molecule has 4 rings (SSSR count). The first-order valence-electron chi connectivity index (χ1n) is 11.7. The predicted octanol–water partition coefficient (Wildman–Crippen LogP) is 7.16. The lowest BCUT2D eigenvalue weighted by molar-refractivity contribution is -0.171. The molecule has 3 unspecified atom stereocenters. The van der Waals surface area contributed by atoms with Crippen molar-refractivity contribution in [2.75, 3.05) is 6.61 Å². The minimum atomic E-state index is -1.10. The SMILES string of the molecule is CCCC(C(=O)O)N1C(=O)COC(c2ccc(Cl)c(F)c2)C1c1ccc(Cl)cc1.Cc1ccc(F)cc1. The molecule has 1 fully saturated rings. The summed E-state index contributed by atoms with van der Waals surface area (Å²) in [6.45, 7) is 3.48. The maximum Gasteiger partial charge on any atom is 0.326 e. The Balaban J connectivity index is 0.000000405. The molecule has 0 radical (unpaired) electrons. The first kappa shape index (κ1) is 28.6. The number of nitrogens with zero attached hydrogens (tertiary/aromatic N) is 1. The number of benzene rings is 3. The van der Waals surface area contributed by atoms with E-state index in [4.69, 9.17) is 27.9 Å². The summed E-state index contributed by atoms with van der Waals surface area (Å²) >= 11 is 11.8.